The SMILES string of the molecule is CCCn1ccc(CNCC(C)OCC)c1. The van der Waals surface area contributed by atoms with Crippen molar-refractivity contribution in [2.45, 2.75) is 46.4 Å². The van der Waals surface area contributed by atoms with Gasteiger partial charge in [0.15, 0.2) is 0 Å². The van der Waals surface area contributed by atoms with Crippen LogP contribution in [0.5, 0.6) is 0 Å². The number of rotatable bonds is 8. The molecule has 16 heavy (non-hydrogen) atoms. The van der Waals surface area contributed by atoms with Crippen molar-refractivity contribution in [1.82, 2.24) is 9.88 Å². The van der Waals surface area contributed by atoms with Crippen molar-refractivity contribution in [3.8, 4) is 0 Å². The van der Waals surface area contributed by atoms with Gasteiger partial charge in [-0.15, -0.1) is 0 Å². The monoisotopic (exact) mass is 224 g/mol. The molecule has 3 nitrogen and oxygen atoms in total. The van der Waals surface area contributed by atoms with Crippen molar-refractivity contribution in [2.24, 2.45) is 0 Å². The fourth-order valence-electron chi connectivity index (χ4n) is 1.76. The van der Waals surface area contributed by atoms with Crippen molar-refractivity contribution in [1.29, 1.82) is 0 Å². The first-order valence-corrected chi connectivity index (χ1v) is 6.23. The molecule has 3 heteroatoms. The predicted molar refractivity (Wildman–Crippen MR) is 67.5 cm³/mol. The first-order chi connectivity index (χ1) is 7.76. The maximum absolute atomic E-state index is 5.46. The molecule has 0 saturated carbocycles. The van der Waals surface area contributed by atoms with E-state index >= 15 is 0 Å². The number of aryl methyl sites for hydroxylation is 1. The topological polar surface area (TPSA) is 26.2 Å². The summed E-state index contributed by atoms with van der Waals surface area (Å²) < 4.78 is 7.69. The third kappa shape index (κ3) is 4.81. The van der Waals surface area contributed by atoms with E-state index in [1.54, 1.807) is 0 Å². The highest BCUT2D eigenvalue weighted by Gasteiger charge is 2.00. The van der Waals surface area contributed by atoms with Gasteiger partial charge in [-0.1, -0.05) is 6.92 Å². The fourth-order valence-corrected chi connectivity index (χ4v) is 1.76. The molecule has 0 amide bonds. The van der Waals surface area contributed by atoms with Gasteiger partial charge in [-0.2, -0.15) is 0 Å². The Morgan fingerprint density at radius 1 is 1.44 bits per heavy atom. The van der Waals surface area contributed by atoms with Crippen molar-refractivity contribution in [3.05, 3.63) is 24.0 Å². The van der Waals surface area contributed by atoms with Crippen LogP contribution in [-0.4, -0.2) is 23.8 Å². The molecule has 1 rings (SSSR count). The summed E-state index contributed by atoms with van der Waals surface area (Å²) in [5, 5.41) is 3.40. The Morgan fingerprint density at radius 2 is 2.25 bits per heavy atom. The van der Waals surface area contributed by atoms with Gasteiger partial charge in [0.05, 0.1) is 6.10 Å². The van der Waals surface area contributed by atoms with Crippen molar-refractivity contribution >= 4 is 0 Å². The molecular weight excluding hydrogens is 200 g/mol. The van der Waals surface area contributed by atoms with Gasteiger partial charge in [-0.3, -0.25) is 0 Å². The lowest BCUT2D eigenvalue weighted by atomic mass is 10.3. The van der Waals surface area contributed by atoms with E-state index in [2.05, 4.69) is 42.2 Å². The molecular formula is C13H24N2O. The first kappa shape index (κ1) is 13.3. The maximum Gasteiger partial charge on any atom is 0.0671 e. The average Bonchev–Trinajstić information content (AvgIpc) is 2.67. The lowest BCUT2D eigenvalue weighted by Crippen LogP contribution is -2.26. The van der Waals surface area contributed by atoms with Crippen molar-refractivity contribution in [2.75, 3.05) is 13.2 Å². The number of ether oxygens (including phenoxy) is 1. The maximum atomic E-state index is 5.46. The summed E-state index contributed by atoms with van der Waals surface area (Å²) in [7, 11) is 0. The molecule has 1 aromatic heterocycles. The fraction of sp³-hybridized carbons (Fsp3) is 0.692. The quantitative estimate of drug-likeness (QED) is 0.734. The van der Waals surface area contributed by atoms with Crippen LogP contribution in [-0.2, 0) is 17.8 Å². The number of nitrogens with one attached hydrogen (secondary N) is 1. The molecule has 1 heterocycles. The molecule has 0 bridgehead atoms. The van der Waals surface area contributed by atoms with Gasteiger partial charge in [0.2, 0.25) is 0 Å². The second-order valence-electron chi connectivity index (χ2n) is 4.15. The van der Waals surface area contributed by atoms with E-state index in [9.17, 15) is 0 Å². The molecule has 0 aromatic carbocycles. The highest BCUT2D eigenvalue weighted by molar-refractivity contribution is 5.09. The van der Waals surface area contributed by atoms with Crippen molar-refractivity contribution < 1.29 is 4.74 Å². The van der Waals surface area contributed by atoms with Crippen LogP contribution in [0.2, 0.25) is 0 Å². The Bertz CT molecular complexity index is 283. The van der Waals surface area contributed by atoms with Crippen LogP contribution >= 0.6 is 0 Å². The third-order valence-corrected chi connectivity index (χ3v) is 2.51. The van der Waals surface area contributed by atoms with Gasteiger partial charge in [-0.05, 0) is 31.9 Å². The van der Waals surface area contributed by atoms with Crippen LogP contribution in [0.25, 0.3) is 0 Å². The summed E-state index contributed by atoms with van der Waals surface area (Å²) in [6, 6.07) is 2.17. The van der Waals surface area contributed by atoms with E-state index in [4.69, 9.17) is 4.74 Å². The Balaban J connectivity index is 2.21. The van der Waals surface area contributed by atoms with E-state index in [0.717, 1.165) is 26.2 Å². The molecule has 0 aliphatic heterocycles. The zero-order chi connectivity index (χ0) is 11.8. The van der Waals surface area contributed by atoms with Gasteiger partial charge < -0.3 is 14.6 Å². The summed E-state index contributed by atoms with van der Waals surface area (Å²) in [6.07, 6.45) is 5.83. The number of nitrogens with zero attached hydrogens (tertiary/aromatic N) is 1. The van der Waals surface area contributed by atoms with Crippen molar-refractivity contribution in [3.63, 3.8) is 0 Å². The van der Waals surface area contributed by atoms with Gasteiger partial charge in [0.1, 0.15) is 0 Å². The Hall–Kier alpha value is -0.800. The molecule has 0 aliphatic carbocycles. The molecule has 92 valence electrons. The normalized spacial score (nSPS) is 12.9. The Labute approximate surface area is 98.8 Å². The molecule has 0 fully saturated rings. The highest BCUT2D eigenvalue weighted by Crippen LogP contribution is 2.02. The minimum Gasteiger partial charge on any atom is -0.377 e. The third-order valence-electron chi connectivity index (χ3n) is 2.51. The lowest BCUT2D eigenvalue weighted by molar-refractivity contribution is 0.0759. The molecule has 1 unspecified atom stereocenters. The number of hydrogen-bond acceptors (Lipinski definition) is 2. The molecule has 0 saturated heterocycles. The van der Waals surface area contributed by atoms with Gasteiger partial charge >= 0.3 is 0 Å². The predicted octanol–water partition coefficient (Wildman–Crippen LogP) is 2.41. The Morgan fingerprint density at radius 3 is 2.94 bits per heavy atom. The second-order valence-corrected chi connectivity index (χ2v) is 4.15. The van der Waals surface area contributed by atoms with Crippen LogP contribution < -0.4 is 5.32 Å². The molecule has 0 spiro atoms. The lowest BCUT2D eigenvalue weighted by Gasteiger charge is -2.11. The molecule has 1 N–H and O–H groups in total. The second kappa shape index (κ2) is 7.47. The average molecular weight is 224 g/mol. The smallest absolute Gasteiger partial charge is 0.0671 e. The number of aromatic nitrogens is 1. The summed E-state index contributed by atoms with van der Waals surface area (Å²) >= 11 is 0. The molecule has 0 radical (unpaired) electrons. The summed E-state index contributed by atoms with van der Waals surface area (Å²) in [5.41, 5.74) is 1.34. The van der Waals surface area contributed by atoms with E-state index in [1.807, 2.05) is 6.92 Å². The number of hydrogen-bond donors (Lipinski definition) is 1. The summed E-state index contributed by atoms with van der Waals surface area (Å²) in [4.78, 5) is 0. The van der Waals surface area contributed by atoms with Gasteiger partial charge in [-0.25, -0.2) is 0 Å². The van der Waals surface area contributed by atoms with E-state index in [0.29, 0.717) is 6.10 Å². The van der Waals surface area contributed by atoms with Crippen LogP contribution in [0.3, 0.4) is 0 Å². The highest BCUT2D eigenvalue weighted by atomic mass is 16.5. The standard InChI is InChI=1S/C13H24N2O/c1-4-7-15-8-6-13(11-15)10-14-9-12(3)16-5-2/h6,8,11-12,14H,4-5,7,9-10H2,1-3H3. The van der Waals surface area contributed by atoms with E-state index < -0.39 is 0 Å². The summed E-state index contributed by atoms with van der Waals surface area (Å²) in [6.45, 7) is 10.0. The zero-order valence-electron chi connectivity index (χ0n) is 10.7. The largest absolute Gasteiger partial charge is 0.377 e. The van der Waals surface area contributed by atoms with Crippen LogP contribution in [0.1, 0.15) is 32.8 Å². The molecule has 1 atom stereocenters. The van der Waals surface area contributed by atoms with E-state index in [1.165, 1.54) is 12.0 Å². The van der Waals surface area contributed by atoms with E-state index in [-0.39, 0.29) is 0 Å². The Kier molecular flexibility index (Phi) is 6.19. The zero-order valence-corrected chi connectivity index (χ0v) is 10.7. The minimum atomic E-state index is 0.294. The molecule has 0 aliphatic rings. The first-order valence-electron chi connectivity index (χ1n) is 6.23. The van der Waals surface area contributed by atoms with Crippen LogP contribution in [0.4, 0.5) is 0 Å². The minimum absolute atomic E-state index is 0.294. The van der Waals surface area contributed by atoms with Gasteiger partial charge in [0, 0.05) is 38.6 Å². The van der Waals surface area contributed by atoms with Gasteiger partial charge in [0.25, 0.3) is 0 Å². The van der Waals surface area contributed by atoms with Crippen LogP contribution in [0, 0.1) is 0 Å². The summed E-state index contributed by atoms with van der Waals surface area (Å²) in [5.74, 6) is 0. The molecule has 1 aromatic rings. The van der Waals surface area contributed by atoms with Crippen LogP contribution in [0.15, 0.2) is 18.5 Å².